The van der Waals surface area contributed by atoms with Crippen LogP contribution in [0.15, 0.2) is 12.2 Å². The SMILES string of the molecule is C=C1CC[C@H]2C(C)(C)CCC[C@]2(C)[C@H]1CC[C@@]1(C)O[C@@H]1CO. The van der Waals surface area contributed by atoms with E-state index in [9.17, 15) is 5.11 Å². The molecule has 0 aromatic carbocycles. The standard InChI is InChI=1S/C20H34O2/c1-14-7-8-16-18(2,3)10-6-11-19(16,4)15(14)9-12-20(5)17(13-21)22-20/h15-17,21H,1,6-13H2,2-5H3/t15-,16-,17+,19+,20+/m0/s1. The van der Waals surface area contributed by atoms with Gasteiger partial charge in [0.25, 0.3) is 0 Å². The van der Waals surface area contributed by atoms with Gasteiger partial charge in [0.05, 0.1) is 12.2 Å². The van der Waals surface area contributed by atoms with Crippen molar-refractivity contribution in [2.75, 3.05) is 6.61 Å². The molecule has 1 heterocycles. The first kappa shape index (κ1) is 16.5. The Kier molecular flexibility index (Phi) is 4.01. The Morgan fingerprint density at radius 2 is 1.95 bits per heavy atom. The molecule has 3 aliphatic rings. The zero-order chi connectivity index (χ0) is 16.2. The molecule has 0 aromatic rings. The first-order chi connectivity index (χ1) is 10.2. The number of rotatable bonds is 4. The Labute approximate surface area is 136 Å². The lowest BCUT2D eigenvalue weighted by atomic mass is 9.47. The van der Waals surface area contributed by atoms with Crippen LogP contribution in [0.4, 0.5) is 0 Å². The number of hydrogen-bond donors (Lipinski definition) is 1. The van der Waals surface area contributed by atoms with Gasteiger partial charge in [0.1, 0.15) is 6.10 Å². The number of epoxide rings is 1. The number of aliphatic hydroxyl groups is 1. The van der Waals surface area contributed by atoms with Crippen molar-refractivity contribution in [1.82, 2.24) is 0 Å². The van der Waals surface area contributed by atoms with Gasteiger partial charge in [-0.05, 0) is 68.1 Å². The van der Waals surface area contributed by atoms with E-state index in [0.717, 1.165) is 12.3 Å². The Bertz CT molecular complexity index is 455. The van der Waals surface area contributed by atoms with Gasteiger partial charge in [-0.25, -0.2) is 0 Å². The maximum Gasteiger partial charge on any atom is 0.110 e. The fraction of sp³-hybridized carbons (Fsp3) is 0.900. The molecule has 22 heavy (non-hydrogen) atoms. The molecule has 5 atom stereocenters. The van der Waals surface area contributed by atoms with Crippen molar-refractivity contribution in [3.05, 3.63) is 12.2 Å². The highest BCUT2D eigenvalue weighted by Crippen LogP contribution is 2.62. The summed E-state index contributed by atoms with van der Waals surface area (Å²) in [6.07, 6.45) is 8.92. The summed E-state index contributed by atoms with van der Waals surface area (Å²) in [6.45, 7) is 14.3. The molecule has 2 saturated carbocycles. The molecule has 0 spiro atoms. The largest absolute Gasteiger partial charge is 0.394 e. The summed E-state index contributed by atoms with van der Waals surface area (Å²) in [5, 5.41) is 9.29. The normalized spacial score (nSPS) is 47.1. The molecule has 1 N–H and O–H groups in total. The molecule has 0 unspecified atom stereocenters. The second-order valence-electron chi connectivity index (χ2n) is 9.29. The van der Waals surface area contributed by atoms with Gasteiger partial charge in [0.2, 0.25) is 0 Å². The highest BCUT2D eigenvalue weighted by Gasteiger charge is 2.55. The maximum absolute atomic E-state index is 9.29. The molecule has 2 nitrogen and oxygen atoms in total. The fourth-order valence-corrected chi connectivity index (χ4v) is 5.98. The number of hydrogen-bond acceptors (Lipinski definition) is 2. The van der Waals surface area contributed by atoms with Gasteiger partial charge in [-0.2, -0.15) is 0 Å². The smallest absolute Gasteiger partial charge is 0.110 e. The Morgan fingerprint density at radius 3 is 2.59 bits per heavy atom. The lowest BCUT2D eigenvalue weighted by molar-refractivity contribution is -0.0555. The fourth-order valence-electron chi connectivity index (χ4n) is 5.98. The number of allylic oxidation sites excluding steroid dienone is 1. The van der Waals surface area contributed by atoms with Crippen molar-refractivity contribution in [2.45, 2.75) is 84.3 Å². The summed E-state index contributed by atoms with van der Waals surface area (Å²) in [6, 6.07) is 0. The third-order valence-electron chi connectivity index (χ3n) is 7.45. The van der Waals surface area contributed by atoms with E-state index >= 15 is 0 Å². The molecule has 0 aromatic heterocycles. The second kappa shape index (κ2) is 5.34. The van der Waals surface area contributed by atoms with Crippen LogP contribution in [-0.2, 0) is 4.74 Å². The van der Waals surface area contributed by atoms with Gasteiger partial charge in [-0.15, -0.1) is 0 Å². The summed E-state index contributed by atoms with van der Waals surface area (Å²) in [7, 11) is 0. The molecule has 2 heteroatoms. The molecule has 2 aliphatic carbocycles. The minimum atomic E-state index is -0.0808. The Morgan fingerprint density at radius 1 is 1.23 bits per heavy atom. The van der Waals surface area contributed by atoms with Crippen LogP contribution >= 0.6 is 0 Å². The van der Waals surface area contributed by atoms with E-state index in [-0.39, 0.29) is 18.3 Å². The van der Waals surface area contributed by atoms with Gasteiger partial charge in [0.15, 0.2) is 0 Å². The summed E-state index contributed by atoms with van der Waals surface area (Å²) in [5.41, 5.74) is 2.28. The zero-order valence-corrected chi connectivity index (χ0v) is 15.0. The van der Waals surface area contributed by atoms with Crippen LogP contribution < -0.4 is 0 Å². The molecule has 0 radical (unpaired) electrons. The predicted molar refractivity (Wildman–Crippen MR) is 90.7 cm³/mol. The van der Waals surface area contributed by atoms with Crippen LogP contribution in [-0.4, -0.2) is 23.4 Å². The van der Waals surface area contributed by atoms with Crippen molar-refractivity contribution in [2.24, 2.45) is 22.7 Å². The molecule has 1 aliphatic heterocycles. The van der Waals surface area contributed by atoms with Crippen LogP contribution in [0.3, 0.4) is 0 Å². The van der Waals surface area contributed by atoms with Gasteiger partial charge in [0, 0.05) is 0 Å². The van der Waals surface area contributed by atoms with Gasteiger partial charge in [-0.3, -0.25) is 0 Å². The lowest BCUT2D eigenvalue weighted by Crippen LogP contribution is -2.49. The van der Waals surface area contributed by atoms with E-state index in [1.54, 1.807) is 0 Å². The third-order valence-corrected chi connectivity index (χ3v) is 7.45. The minimum Gasteiger partial charge on any atom is -0.394 e. The molecular formula is C20H34O2. The molecular weight excluding hydrogens is 272 g/mol. The van der Waals surface area contributed by atoms with Crippen LogP contribution in [0.2, 0.25) is 0 Å². The van der Waals surface area contributed by atoms with Gasteiger partial charge in [-0.1, -0.05) is 39.3 Å². The monoisotopic (exact) mass is 306 g/mol. The maximum atomic E-state index is 9.29. The zero-order valence-electron chi connectivity index (χ0n) is 15.0. The lowest BCUT2D eigenvalue weighted by Gasteiger charge is -2.58. The van der Waals surface area contributed by atoms with Crippen LogP contribution in [0, 0.1) is 22.7 Å². The summed E-state index contributed by atoms with van der Waals surface area (Å²) in [4.78, 5) is 0. The van der Waals surface area contributed by atoms with E-state index in [2.05, 4.69) is 34.3 Å². The molecule has 3 fully saturated rings. The molecule has 0 amide bonds. The van der Waals surface area contributed by atoms with Crippen molar-refractivity contribution in [3.63, 3.8) is 0 Å². The first-order valence-corrected chi connectivity index (χ1v) is 9.19. The molecule has 126 valence electrons. The van der Waals surface area contributed by atoms with E-state index in [1.165, 1.54) is 44.1 Å². The van der Waals surface area contributed by atoms with Crippen molar-refractivity contribution in [1.29, 1.82) is 0 Å². The van der Waals surface area contributed by atoms with Gasteiger partial charge >= 0.3 is 0 Å². The van der Waals surface area contributed by atoms with Crippen LogP contribution in [0.5, 0.6) is 0 Å². The molecule has 0 bridgehead atoms. The van der Waals surface area contributed by atoms with Gasteiger partial charge < -0.3 is 9.84 Å². The van der Waals surface area contributed by atoms with E-state index < -0.39 is 0 Å². The summed E-state index contributed by atoms with van der Waals surface area (Å²) >= 11 is 0. The van der Waals surface area contributed by atoms with Crippen molar-refractivity contribution >= 4 is 0 Å². The van der Waals surface area contributed by atoms with Crippen LogP contribution in [0.25, 0.3) is 0 Å². The number of ether oxygens (including phenoxy) is 1. The Balaban J connectivity index is 1.75. The topological polar surface area (TPSA) is 32.8 Å². The van der Waals surface area contributed by atoms with E-state index in [1.807, 2.05) is 0 Å². The highest BCUT2D eigenvalue weighted by molar-refractivity contribution is 5.16. The summed E-state index contributed by atoms with van der Waals surface area (Å²) in [5.74, 6) is 1.46. The summed E-state index contributed by atoms with van der Waals surface area (Å²) < 4.78 is 5.71. The molecule has 3 rings (SSSR count). The molecule has 1 saturated heterocycles. The second-order valence-corrected chi connectivity index (χ2v) is 9.29. The van der Waals surface area contributed by atoms with Crippen molar-refractivity contribution in [3.8, 4) is 0 Å². The van der Waals surface area contributed by atoms with Crippen LogP contribution in [0.1, 0.15) is 72.6 Å². The Hall–Kier alpha value is -0.340. The van der Waals surface area contributed by atoms with E-state index in [0.29, 0.717) is 16.7 Å². The van der Waals surface area contributed by atoms with Crippen molar-refractivity contribution < 1.29 is 9.84 Å². The van der Waals surface area contributed by atoms with E-state index in [4.69, 9.17) is 4.74 Å². The predicted octanol–water partition coefficient (Wildman–Crippen LogP) is 4.72. The number of fused-ring (bicyclic) bond motifs is 1. The average Bonchev–Trinajstić information content (AvgIpc) is 3.08. The number of aliphatic hydroxyl groups excluding tert-OH is 1. The third kappa shape index (κ3) is 2.57. The first-order valence-electron chi connectivity index (χ1n) is 9.19. The minimum absolute atomic E-state index is 0.0655. The quantitative estimate of drug-likeness (QED) is 0.602. The average molecular weight is 306 g/mol. The highest BCUT2D eigenvalue weighted by atomic mass is 16.6.